The van der Waals surface area contributed by atoms with Crippen molar-refractivity contribution in [3.63, 3.8) is 0 Å². The molecule has 0 unspecified atom stereocenters. The molecule has 1 aromatic heterocycles. The molecule has 2 aromatic carbocycles. The van der Waals surface area contributed by atoms with E-state index in [1.54, 1.807) is 35.9 Å². The summed E-state index contributed by atoms with van der Waals surface area (Å²) in [6, 6.07) is 16.6. The molecule has 0 bridgehead atoms. The van der Waals surface area contributed by atoms with Gasteiger partial charge in [-0.25, -0.2) is 9.48 Å². The van der Waals surface area contributed by atoms with Gasteiger partial charge in [-0.2, -0.15) is 5.10 Å². The highest BCUT2D eigenvalue weighted by Gasteiger charge is 2.23. The van der Waals surface area contributed by atoms with Gasteiger partial charge in [0.2, 0.25) is 5.78 Å². The van der Waals surface area contributed by atoms with E-state index in [0.717, 1.165) is 5.56 Å². The molecule has 0 aliphatic carbocycles. The molecule has 0 fully saturated rings. The highest BCUT2D eigenvalue weighted by Crippen LogP contribution is 2.22. The molecule has 5 nitrogen and oxygen atoms in total. The van der Waals surface area contributed by atoms with Crippen LogP contribution in [0, 0.1) is 6.92 Å². The highest BCUT2D eigenvalue weighted by atomic mass is 79.9. The number of esters is 1. The molecule has 7 heteroatoms. The second-order valence-corrected chi connectivity index (χ2v) is 7.09. The predicted octanol–water partition coefficient (Wildman–Crippen LogP) is 4.70. The summed E-state index contributed by atoms with van der Waals surface area (Å²) in [5.74, 6) is -0.974. The quantitative estimate of drug-likeness (QED) is 0.406. The fraction of sp³-hybridized carbons (Fsp3) is 0.150. The Balaban J connectivity index is 1.72. The van der Waals surface area contributed by atoms with E-state index in [-0.39, 0.29) is 23.1 Å². The first-order valence-corrected chi connectivity index (χ1v) is 9.36. The zero-order valence-electron chi connectivity index (χ0n) is 14.5. The van der Waals surface area contributed by atoms with Crippen molar-refractivity contribution in [2.24, 2.45) is 0 Å². The number of ketones is 1. The third-order valence-electron chi connectivity index (χ3n) is 3.95. The van der Waals surface area contributed by atoms with Crippen molar-refractivity contribution in [3.8, 4) is 0 Å². The van der Waals surface area contributed by atoms with Crippen molar-refractivity contribution in [1.29, 1.82) is 0 Å². The summed E-state index contributed by atoms with van der Waals surface area (Å²) in [5.41, 5.74) is 2.08. The summed E-state index contributed by atoms with van der Waals surface area (Å²) in [7, 11) is 0. The molecular weight excluding hydrogens is 432 g/mol. The van der Waals surface area contributed by atoms with Gasteiger partial charge in [-0.1, -0.05) is 76.1 Å². The van der Waals surface area contributed by atoms with Crippen LogP contribution in [-0.2, 0) is 11.3 Å². The number of benzene rings is 2. The van der Waals surface area contributed by atoms with Gasteiger partial charge < -0.3 is 4.74 Å². The number of ether oxygens (including phenoxy) is 1. The summed E-state index contributed by atoms with van der Waals surface area (Å²) < 4.78 is 7.37. The van der Waals surface area contributed by atoms with E-state index < -0.39 is 5.97 Å². The third kappa shape index (κ3) is 4.46. The van der Waals surface area contributed by atoms with Crippen LogP contribution >= 0.6 is 27.5 Å². The van der Waals surface area contributed by atoms with E-state index in [1.807, 2.05) is 30.3 Å². The Kier molecular flexibility index (Phi) is 6.08. The van der Waals surface area contributed by atoms with E-state index in [0.29, 0.717) is 22.3 Å². The maximum Gasteiger partial charge on any atom is 0.343 e. The Hall–Kier alpha value is -2.44. The zero-order valence-corrected chi connectivity index (χ0v) is 16.8. The first-order chi connectivity index (χ1) is 13.0. The van der Waals surface area contributed by atoms with Gasteiger partial charge in [0, 0.05) is 10.0 Å². The van der Waals surface area contributed by atoms with Crippen LogP contribution in [0.2, 0.25) is 5.15 Å². The number of aromatic nitrogens is 2. The third-order valence-corrected chi connectivity index (χ3v) is 5.03. The van der Waals surface area contributed by atoms with Gasteiger partial charge >= 0.3 is 5.97 Å². The highest BCUT2D eigenvalue weighted by molar-refractivity contribution is 9.10. The lowest BCUT2D eigenvalue weighted by Gasteiger charge is -2.06. The van der Waals surface area contributed by atoms with E-state index in [1.165, 1.54) is 0 Å². The van der Waals surface area contributed by atoms with Crippen molar-refractivity contribution in [3.05, 3.63) is 86.6 Å². The zero-order chi connectivity index (χ0) is 19.4. The molecule has 0 atom stereocenters. The van der Waals surface area contributed by atoms with Crippen LogP contribution in [0.3, 0.4) is 0 Å². The van der Waals surface area contributed by atoms with E-state index in [2.05, 4.69) is 21.0 Å². The summed E-state index contributed by atoms with van der Waals surface area (Å²) in [5, 5.41) is 4.51. The van der Waals surface area contributed by atoms with Crippen LogP contribution < -0.4 is 0 Å². The van der Waals surface area contributed by atoms with Crippen LogP contribution in [0.5, 0.6) is 0 Å². The molecule has 0 saturated heterocycles. The minimum Gasteiger partial charge on any atom is -0.454 e. The molecule has 3 rings (SSSR count). The van der Waals surface area contributed by atoms with Gasteiger partial charge in [0.1, 0.15) is 10.7 Å². The molecule has 0 spiro atoms. The van der Waals surface area contributed by atoms with Gasteiger partial charge in [-0.15, -0.1) is 0 Å². The summed E-state index contributed by atoms with van der Waals surface area (Å²) in [6.07, 6.45) is 0. The molecule has 0 radical (unpaired) electrons. The molecule has 1 heterocycles. The minimum absolute atomic E-state index is 0.174. The number of hydrogen-bond acceptors (Lipinski definition) is 4. The van der Waals surface area contributed by atoms with Gasteiger partial charge in [0.05, 0.1) is 12.2 Å². The number of hydrogen-bond donors (Lipinski definition) is 0. The maximum atomic E-state index is 12.4. The largest absolute Gasteiger partial charge is 0.454 e. The summed E-state index contributed by atoms with van der Waals surface area (Å²) >= 11 is 9.65. The van der Waals surface area contributed by atoms with E-state index in [4.69, 9.17) is 16.3 Å². The van der Waals surface area contributed by atoms with Crippen LogP contribution in [-0.4, -0.2) is 28.1 Å². The molecule has 0 aliphatic rings. The number of carbonyl (C=O) groups is 2. The van der Waals surface area contributed by atoms with Crippen molar-refractivity contribution in [2.75, 3.05) is 6.61 Å². The van der Waals surface area contributed by atoms with Gasteiger partial charge in [-0.3, -0.25) is 4.79 Å². The Morgan fingerprint density at radius 2 is 1.78 bits per heavy atom. The number of Topliss-reactive ketones (excluding diaryl/α,β-unsaturated/α-hetero) is 1. The molecular formula is C20H16BrClN2O3. The average Bonchev–Trinajstić information content (AvgIpc) is 2.94. The van der Waals surface area contributed by atoms with E-state index in [9.17, 15) is 9.59 Å². The lowest BCUT2D eigenvalue weighted by atomic mass is 10.1. The normalized spacial score (nSPS) is 10.6. The smallest absolute Gasteiger partial charge is 0.343 e. The fourth-order valence-corrected chi connectivity index (χ4v) is 3.43. The van der Waals surface area contributed by atoms with Crippen molar-refractivity contribution in [2.45, 2.75) is 13.5 Å². The molecule has 3 aromatic rings. The molecule has 0 aliphatic heterocycles. The Bertz CT molecular complexity index is 986. The number of rotatable bonds is 6. The van der Waals surface area contributed by atoms with Crippen LogP contribution in [0.1, 0.15) is 32.0 Å². The Morgan fingerprint density at radius 1 is 1.11 bits per heavy atom. The standard InChI is InChI=1S/C20H16BrClN2O3/c1-13-18(19(22)24(23-13)11-14-7-3-2-4-8-14)20(26)27-12-17(25)15-9-5-6-10-16(15)21/h2-10H,11-12H2,1H3. The molecule has 0 saturated carbocycles. The first kappa shape index (κ1) is 19.3. The summed E-state index contributed by atoms with van der Waals surface area (Å²) in [6.45, 7) is 1.74. The van der Waals surface area contributed by atoms with Crippen LogP contribution in [0.15, 0.2) is 59.1 Å². The van der Waals surface area contributed by atoms with Gasteiger partial charge in [0.25, 0.3) is 0 Å². The second kappa shape index (κ2) is 8.50. The SMILES string of the molecule is Cc1nn(Cc2ccccc2)c(Cl)c1C(=O)OCC(=O)c1ccccc1Br. The Morgan fingerprint density at radius 3 is 2.48 bits per heavy atom. The van der Waals surface area contributed by atoms with Gasteiger partial charge in [-0.05, 0) is 18.6 Å². The second-order valence-electron chi connectivity index (χ2n) is 5.87. The fourth-order valence-electron chi connectivity index (χ4n) is 2.61. The Labute approximate surface area is 170 Å². The number of carbonyl (C=O) groups excluding carboxylic acids is 2. The van der Waals surface area contributed by atoms with Crippen molar-refractivity contribution >= 4 is 39.3 Å². The maximum absolute atomic E-state index is 12.4. The molecule has 27 heavy (non-hydrogen) atoms. The number of halogens is 2. The summed E-state index contributed by atoms with van der Waals surface area (Å²) in [4.78, 5) is 24.7. The topological polar surface area (TPSA) is 61.2 Å². The van der Waals surface area contributed by atoms with Crippen LogP contribution in [0.4, 0.5) is 0 Å². The molecule has 138 valence electrons. The number of aryl methyl sites for hydroxylation is 1. The van der Waals surface area contributed by atoms with Crippen molar-refractivity contribution in [1.82, 2.24) is 9.78 Å². The first-order valence-electron chi connectivity index (χ1n) is 8.19. The van der Waals surface area contributed by atoms with Crippen LogP contribution in [0.25, 0.3) is 0 Å². The molecule has 0 N–H and O–H groups in total. The number of nitrogens with zero attached hydrogens (tertiary/aromatic N) is 2. The molecule has 0 amide bonds. The van der Waals surface area contributed by atoms with E-state index >= 15 is 0 Å². The lowest BCUT2D eigenvalue weighted by molar-refractivity contribution is 0.0474. The van der Waals surface area contributed by atoms with Gasteiger partial charge in [0.15, 0.2) is 6.61 Å². The monoisotopic (exact) mass is 446 g/mol. The van der Waals surface area contributed by atoms with Crippen molar-refractivity contribution < 1.29 is 14.3 Å². The lowest BCUT2D eigenvalue weighted by Crippen LogP contribution is -2.15. The predicted molar refractivity (Wildman–Crippen MR) is 106 cm³/mol. The minimum atomic E-state index is -0.669. The average molecular weight is 448 g/mol.